The number of amides is 1. The zero-order valence-electron chi connectivity index (χ0n) is 26.5. The van der Waals surface area contributed by atoms with E-state index in [-0.39, 0.29) is 17.1 Å². The lowest BCUT2D eigenvalue weighted by atomic mass is 9.83. The summed E-state index contributed by atoms with van der Waals surface area (Å²) in [5.41, 5.74) is 1.61. The molecule has 8 heteroatoms. The van der Waals surface area contributed by atoms with Crippen LogP contribution < -0.4 is 5.32 Å². The van der Waals surface area contributed by atoms with Gasteiger partial charge in [-0.05, 0) is 62.6 Å². The lowest BCUT2D eigenvalue weighted by Gasteiger charge is -2.31. The fourth-order valence-corrected chi connectivity index (χ4v) is 7.10. The third-order valence-corrected chi connectivity index (χ3v) is 10.1. The second-order valence-corrected chi connectivity index (χ2v) is 14.9. The number of Topliss-reactive ketones (excluding diaryl/α,β-unsaturated/α-hetero) is 1. The molecule has 0 bridgehead atoms. The van der Waals surface area contributed by atoms with Crippen LogP contribution in [0.3, 0.4) is 0 Å². The standard InChI is InChI=1S/C35H50N2O5S/c1-5-6-7-11-16-28-19-21-30(22-20-28)43(40,41)31-23-24-33(32(27-31)34(38)29-17-12-10-13-18-29)36-35(39)42-26-15-9-8-14-25-37(2,3)4/h10,12-13,17-24,31-33H,5-9,11,14-16,25-27H2,1-4H3/p+1/t31-,32-,33+/m1/s1. The molecule has 236 valence electrons. The Balaban J connectivity index is 1.65. The van der Waals surface area contributed by atoms with Gasteiger partial charge >= 0.3 is 6.09 Å². The van der Waals surface area contributed by atoms with Crippen molar-refractivity contribution in [2.45, 2.75) is 87.3 Å². The van der Waals surface area contributed by atoms with Crippen molar-refractivity contribution in [2.24, 2.45) is 5.92 Å². The van der Waals surface area contributed by atoms with Gasteiger partial charge in [0.2, 0.25) is 0 Å². The van der Waals surface area contributed by atoms with Crippen LogP contribution in [0, 0.1) is 5.92 Å². The smallest absolute Gasteiger partial charge is 0.407 e. The molecule has 43 heavy (non-hydrogen) atoms. The number of benzene rings is 2. The second-order valence-electron chi connectivity index (χ2n) is 12.7. The quantitative estimate of drug-likeness (QED) is 0.0923. The SMILES string of the molecule is CCCCCCc1ccc(S(=O)(=O)[C@@H]2C=C[C@H](NC(=O)OCCCCCC[N+](C)(C)C)[C@H](C(=O)c3ccccc3)C2)cc1. The molecule has 2 aromatic carbocycles. The van der Waals surface area contributed by atoms with E-state index in [1.54, 1.807) is 48.6 Å². The van der Waals surface area contributed by atoms with Gasteiger partial charge in [0, 0.05) is 11.5 Å². The van der Waals surface area contributed by atoms with Gasteiger partial charge in [0.05, 0.1) is 50.5 Å². The monoisotopic (exact) mass is 611 g/mol. The van der Waals surface area contributed by atoms with E-state index >= 15 is 0 Å². The average Bonchev–Trinajstić information content (AvgIpc) is 2.98. The zero-order chi connectivity index (χ0) is 31.3. The molecule has 7 nitrogen and oxygen atoms in total. The van der Waals surface area contributed by atoms with Gasteiger partial charge in [-0.15, -0.1) is 0 Å². The summed E-state index contributed by atoms with van der Waals surface area (Å²) in [6, 6.07) is 15.3. The van der Waals surface area contributed by atoms with E-state index in [0.717, 1.165) is 55.1 Å². The molecule has 0 heterocycles. The molecule has 0 unspecified atom stereocenters. The van der Waals surface area contributed by atoms with Crippen molar-refractivity contribution in [2.75, 3.05) is 34.3 Å². The van der Waals surface area contributed by atoms with Gasteiger partial charge < -0.3 is 14.5 Å². The van der Waals surface area contributed by atoms with Gasteiger partial charge in [-0.25, -0.2) is 13.2 Å². The Morgan fingerprint density at radius 2 is 1.53 bits per heavy atom. The number of unbranched alkanes of at least 4 members (excludes halogenated alkanes) is 6. The van der Waals surface area contributed by atoms with Gasteiger partial charge in [-0.1, -0.05) is 80.8 Å². The largest absolute Gasteiger partial charge is 0.450 e. The van der Waals surface area contributed by atoms with Crippen LogP contribution in [0.25, 0.3) is 0 Å². The molecular weight excluding hydrogens is 560 g/mol. The van der Waals surface area contributed by atoms with E-state index in [9.17, 15) is 18.0 Å². The number of hydrogen-bond acceptors (Lipinski definition) is 5. The number of hydrogen-bond donors (Lipinski definition) is 1. The lowest BCUT2D eigenvalue weighted by Crippen LogP contribution is -2.46. The number of carbonyl (C=O) groups is 2. The first kappa shape index (κ1) is 34.5. The molecule has 0 saturated carbocycles. The Kier molecular flexibility index (Phi) is 13.5. The number of nitrogens with zero attached hydrogens (tertiary/aromatic N) is 1. The number of quaternary nitrogens is 1. The van der Waals surface area contributed by atoms with Gasteiger partial charge in [0.1, 0.15) is 0 Å². The Labute approximate surface area is 259 Å². The first-order chi connectivity index (χ1) is 20.5. The second kappa shape index (κ2) is 16.8. The molecule has 0 fully saturated rings. The molecule has 0 aromatic heterocycles. The highest BCUT2D eigenvalue weighted by molar-refractivity contribution is 7.92. The highest BCUT2D eigenvalue weighted by atomic mass is 32.2. The third-order valence-electron chi connectivity index (χ3n) is 8.06. The summed E-state index contributed by atoms with van der Waals surface area (Å²) in [7, 11) is 2.80. The van der Waals surface area contributed by atoms with E-state index in [2.05, 4.69) is 33.4 Å². The van der Waals surface area contributed by atoms with Gasteiger partial charge in [-0.2, -0.15) is 0 Å². The van der Waals surface area contributed by atoms with Crippen LogP contribution in [0.5, 0.6) is 0 Å². The number of alkyl carbamates (subject to hydrolysis) is 1. The predicted molar refractivity (Wildman–Crippen MR) is 173 cm³/mol. The van der Waals surface area contributed by atoms with Crippen molar-refractivity contribution >= 4 is 21.7 Å². The normalized spacial score (nSPS) is 18.7. The summed E-state index contributed by atoms with van der Waals surface area (Å²) in [5, 5.41) is 1.95. The molecule has 1 aliphatic rings. The van der Waals surface area contributed by atoms with E-state index < -0.39 is 33.1 Å². The molecule has 1 aliphatic carbocycles. The fourth-order valence-electron chi connectivity index (χ4n) is 5.48. The summed E-state index contributed by atoms with van der Waals surface area (Å²) in [4.78, 5) is 26.5. The van der Waals surface area contributed by atoms with Gasteiger partial charge in [-0.3, -0.25) is 4.79 Å². The minimum Gasteiger partial charge on any atom is -0.450 e. The third kappa shape index (κ3) is 11.2. The molecule has 2 aromatic rings. The maximum Gasteiger partial charge on any atom is 0.407 e. The lowest BCUT2D eigenvalue weighted by molar-refractivity contribution is -0.870. The minimum atomic E-state index is -3.73. The molecule has 1 N–H and O–H groups in total. The van der Waals surface area contributed by atoms with E-state index in [1.165, 1.54) is 19.3 Å². The van der Waals surface area contributed by atoms with E-state index in [0.29, 0.717) is 12.2 Å². The Hall–Kier alpha value is -2.97. The van der Waals surface area contributed by atoms with Crippen molar-refractivity contribution in [1.82, 2.24) is 5.32 Å². The summed E-state index contributed by atoms with van der Waals surface area (Å²) in [5.74, 6) is -0.941. The van der Waals surface area contributed by atoms with E-state index in [1.807, 2.05) is 18.2 Å². The van der Waals surface area contributed by atoms with Crippen LogP contribution in [0.4, 0.5) is 4.79 Å². The van der Waals surface area contributed by atoms with Crippen LogP contribution >= 0.6 is 0 Å². The molecule has 0 saturated heterocycles. The number of nitrogens with one attached hydrogen (secondary N) is 1. The number of ketones is 1. The molecule has 0 aliphatic heterocycles. The highest BCUT2D eigenvalue weighted by Crippen LogP contribution is 2.31. The number of carbonyl (C=O) groups excluding carboxylic acids is 2. The van der Waals surface area contributed by atoms with Crippen LogP contribution in [0.2, 0.25) is 0 Å². The number of sulfone groups is 1. The maximum absolute atomic E-state index is 13.7. The summed E-state index contributed by atoms with van der Waals surface area (Å²) < 4.78 is 33.7. The summed E-state index contributed by atoms with van der Waals surface area (Å²) in [6.07, 6.45) is 12.2. The number of aryl methyl sites for hydroxylation is 1. The maximum atomic E-state index is 13.7. The molecule has 0 spiro atoms. The Bertz CT molecular complexity index is 1280. The van der Waals surface area contributed by atoms with E-state index in [4.69, 9.17) is 4.74 Å². The highest BCUT2D eigenvalue weighted by Gasteiger charge is 2.39. The Morgan fingerprint density at radius 1 is 0.860 bits per heavy atom. The first-order valence-electron chi connectivity index (χ1n) is 15.9. The van der Waals surface area contributed by atoms with Gasteiger partial charge in [0.25, 0.3) is 0 Å². The minimum absolute atomic E-state index is 0.0720. The summed E-state index contributed by atoms with van der Waals surface area (Å²) >= 11 is 0. The molecule has 3 rings (SSSR count). The van der Waals surface area contributed by atoms with Crippen molar-refractivity contribution in [3.05, 3.63) is 77.9 Å². The average molecular weight is 612 g/mol. The zero-order valence-corrected chi connectivity index (χ0v) is 27.3. The van der Waals surface area contributed by atoms with Crippen LogP contribution in [-0.4, -0.2) is 70.4 Å². The van der Waals surface area contributed by atoms with Gasteiger partial charge in [0.15, 0.2) is 15.6 Å². The first-order valence-corrected chi connectivity index (χ1v) is 17.4. The Morgan fingerprint density at radius 3 is 2.21 bits per heavy atom. The van der Waals surface area contributed by atoms with Crippen molar-refractivity contribution < 1.29 is 27.2 Å². The van der Waals surface area contributed by atoms with Crippen molar-refractivity contribution in [3.63, 3.8) is 0 Å². The topological polar surface area (TPSA) is 89.5 Å². The van der Waals surface area contributed by atoms with Crippen molar-refractivity contribution in [1.29, 1.82) is 0 Å². The van der Waals surface area contributed by atoms with Crippen LogP contribution in [0.1, 0.15) is 80.6 Å². The molecule has 3 atom stereocenters. The summed E-state index contributed by atoms with van der Waals surface area (Å²) in [6.45, 7) is 3.58. The van der Waals surface area contributed by atoms with Crippen LogP contribution in [0.15, 0.2) is 71.6 Å². The predicted octanol–water partition coefficient (Wildman–Crippen LogP) is 6.77. The molecule has 1 amide bonds. The number of ether oxygens (including phenoxy) is 1. The van der Waals surface area contributed by atoms with Crippen molar-refractivity contribution in [3.8, 4) is 0 Å². The molecular formula is C35H51N2O5S+. The number of rotatable bonds is 17. The molecule has 0 radical (unpaired) electrons. The van der Waals surface area contributed by atoms with Crippen LogP contribution in [-0.2, 0) is 21.0 Å². The fraction of sp³-hybridized carbons (Fsp3) is 0.543.